The van der Waals surface area contributed by atoms with E-state index in [9.17, 15) is 4.57 Å². The van der Waals surface area contributed by atoms with Gasteiger partial charge in [-0.2, -0.15) is 0 Å². The SMILES string of the molecule is CC(C)CCOP(=O)(SCCC(C)C)SCCC(C)C. The van der Waals surface area contributed by atoms with Crippen LogP contribution in [0.4, 0.5) is 0 Å². The van der Waals surface area contributed by atoms with E-state index >= 15 is 0 Å². The van der Waals surface area contributed by atoms with E-state index in [1.807, 2.05) is 0 Å². The van der Waals surface area contributed by atoms with Crippen molar-refractivity contribution in [1.82, 2.24) is 0 Å². The standard InChI is InChI=1S/C15H33O2PS2/c1-13(2)7-10-17-18(16,19-11-8-14(3)4)20-12-9-15(5)6/h13-15H,7-12H2,1-6H3. The van der Waals surface area contributed by atoms with Gasteiger partial charge in [0, 0.05) is 11.5 Å². The van der Waals surface area contributed by atoms with Gasteiger partial charge in [0.1, 0.15) is 0 Å². The average molecular weight is 341 g/mol. The fourth-order valence-corrected chi connectivity index (χ4v) is 8.57. The Balaban J connectivity index is 4.23. The molecule has 122 valence electrons. The Morgan fingerprint density at radius 1 is 0.800 bits per heavy atom. The normalized spacial score (nSPS) is 12.8. The molecule has 0 rings (SSSR count). The van der Waals surface area contributed by atoms with Crippen molar-refractivity contribution in [2.24, 2.45) is 17.8 Å². The minimum absolute atomic E-state index is 0.602. The lowest BCUT2D eigenvalue weighted by atomic mass is 10.2. The van der Waals surface area contributed by atoms with E-state index in [0.29, 0.717) is 24.4 Å². The van der Waals surface area contributed by atoms with Crippen LogP contribution in [0.1, 0.15) is 60.8 Å². The minimum atomic E-state index is -2.55. The first-order valence-electron chi connectivity index (χ1n) is 7.79. The van der Waals surface area contributed by atoms with Crippen LogP contribution in [0, 0.1) is 17.8 Å². The van der Waals surface area contributed by atoms with Crippen molar-refractivity contribution in [3.8, 4) is 0 Å². The molecule has 0 spiro atoms. The Morgan fingerprint density at radius 3 is 1.55 bits per heavy atom. The summed E-state index contributed by atoms with van der Waals surface area (Å²) in [4.78, 5) is 0. The summed E-state index contributed by atoms with van der Waals surface area (Å²) in [6, 6.07) is 0. The maximum absolute atomic E-state index is 12.9. The maximum atomic E-state index is 12.9. The van der Waals surface area contributed by atoms with Crippen LogP contribution in [0.25, 0.3) is 0 Å². The summed E-state index contributed by atoms with van der Waals surface area (Å²) in [7, 11) is 0. The predicted molar refractivity (Wildman–Crippen MR) is 96.8 cm³/mol. The molecule has 0 fully saturated rings. The van der Waals surface area contributed by atoms with E-state index in [4.69, 9.17) is 4.52 Å². The molecule has 0 aliphatic rings. The third kappa shape index (κ3) is 12.6. The second-order valence-corrected chi connectivity index (χ2v) is 14.1. The van der Waals surface area contributed by atoms with Crippen LogP contribution in [0.5, 0.6) is 0 Å². The molecule has 0 unspecified atom stereocenters. The molecule has 0 bridgehead atoms. The highest BCUT2D eigenvalue weighted by Gasteiger charge is 2.25. The molecule has 0 amide bonds. The molecule has 0 aliphatic heterocycles. The summed E-state index contributed by atoms with van der Waals surface area (Å²) < 4.78 is 18.6. The van der Waals surface area contributed by atoms with Crippen molar-refractivity contribution in [3.63, 3.8) is 0 Å². The fourth-order valence-electron chi connectivity index (χ4n) is 1.31. The van der Waals surface area contributed by atoms with Gasteiger partial charge in [-0.15, -0.1) is 0 Å². The Hall–Kier alpha value is 0.890. The van der Waals surface area contributed by atoms with Crippen LogP contribution in [0.2, 0.25) is 0 Å². The molecule has 0 atom stereocenters. The molecule has 0 aliphatic carbocycles. The summed E-state index contributed by atoms with van der Waals surface area (Å²) in [5.41, 5.74) is 0. The highest BCUT2D eigenvalue weighted by atomic mass is 33.1. The first kappa shape index (κ1) is 20.9. The summed E-state index contributed by atoms with van der Waals surface area (Å²) in [6.07, 6.45) is 3.19. The minimum Gasteiger partial charge on any atom is -0.314 e. The molecule has 0 aromatic heterocycles. The molecule has 5 heteroatoms. The van der Waals surface area contributed by atoms with Gasteiger partial charge in [-0.05, 0) is 37.0 Å². The quantitative estimate of drug-likeness (QED) is 0.368. The van der Waals surface area contributed by atoms with Crippen molar-refractivity contribution >= 4 is 28.5 Å². The molecular formula is C15H33O2PS2. The Labute approximate surface area is 134 Å². The fraction of sp³-hybridized carbons (Fsp3) is 1.00. The third-order valence-electron chi connectivity index (χ3n) is 2.83. The monoisotopic (exact) mass is 340 g/mol. The van der Waals surface area contributed by atoms with Gasteiger partial charge >= 0.3 is 5.77 Å². The molecule has 0 heterocycles. The molecule has 0 saturated carbocycles. The zero-order valence-electron chi connectivity index (χ0n) is 14.1. The van der Waals surface area contributed by atoms with E-state index < -0.39 is 5.77 Å². The second kappa shape index (κ2) is 11.5. The van der Waals surface area contributed by atoms with Gasteiger partial charge in [0.05, 0.1) is 6.61 Å². The lowest BCUT2D eigenvalue weighted by molar-refractivity contribution is 0.306. The van der Waals surface area contributed by atoms with E-state index in [1.54, 1.807) is 22.8 Å². The zero-order chi connectivity index (χ0) is 15.6. The van der Waals surface area contributed by atoms with Crippen LogP contribution in [0.15, 0.2) is 0 Å². The van der Waals surface area contributed by atoms with E-state index in [-0.39, 0.29) is 0 Å². The summed E-state index contributed by atoms with van der Waals surface area (Å²) in [6.45, 7) is 13.8. The molecule has 20 heavy (non-hydrogen) atoms. The molecule has 0 saturated heterocycles. The number of rotatable bonds is 12. The van der Waals surface area contributed by atoms with Crippen LogP contribution >= 0.6 is 28.5 Å². The highest BCUT2D eigenvalue weighted by molar-refractivity contribution is 8.89. The molecule has 0 aromatic carbocycles. The van der Waals surface area contributed by atoms with Crippen molar-refractivity contribution in [2.45, 2.75) is 60.8 Å². The summed E-state index contributed by atoms with van der Waals surface area (Å²) in [5.74, 6) is 1.24. The van der Waals surface area contributed by atoms with Gasteiger partial charge in [0.2, 0.25) is 0 Å². The van der Waals surface area contributed by atoms with Crippen LogP contribution < -0.4 is 0 Å². The van der Waals surface area contributed by atoms with Crippen molar-refractivity contribution < 1.29 is 9.09 Å². The van der Waals surface area contributed by atoms with E-state index in [1.165, 1.54) is 0 Å². The van der Waals surface area contributed by atoms with Crippen LogP contribution in [-0.4, -0.2) is 18.1 Å². The topological polar surface area (TPSA) is 26.3 Å². The van der Waals surface area contributed by atoms with Gasteiger partial charge < -0.3 is 4.52 Å². The zero-order valence-corrected chi connectivity index (χ0v) is 16.6. The van der Waals surface area contributed by atoms with Gasteiger partial charge in [0.15, 0.2) is 0 Å². The van der Waals surface area contributed by atoms with Gasteiger partial charge in [-0.1, -0.05) is 64.3 Å². The number of hydrogen-bond acceptors (Lipinski definition) is 4. The van der Waals surface area contributed by atoms with Crippen LogP contribution in [0.3, 0.4) is 0 Å². The van der Waals surface area contributed by atoms with Crippen molar-refractivity contribution in [3.05, 3.63) is 0 Å². The van der Waals surface area contributed by atoms with Crippen molar-refractivity contribution in [2.75, 3.05) is 18.1 Å². The van der Waals surface area contributed by atoms with E-state index in [2.05, 4.69) is 41.5 Å². The average Bonchev–Trinajstić information content (AvgIpc) is 2.27. The summed E-state index contributed by atoms with van der Waals surface area (Å²) >= 11 is 3.10. The second-order valence-electron chi connectivity index (χ2n) is 6.49. The largest absolute Gasteiger partial charge is 0.314 e. The first-order chi connectivity index (χ1) is 9.25. The molecular weight excluding hydrogens is 307 g/mol. The molecule has 0 N–H and O–H groups in total. The van der Waals surface area contributed by atoms with Gasteiger partial charge in [-0.3, -0.25) is 4.57 Å². The lowest BCUT2D eigenvalue weighted by Gasteiger charge is -2.18. The Morgan fingerprint density at radius 2 is 1.20 bits per heavy atom. The molecule has 0 aromatic rings. The van der Waals surface area contributed by atoms with Crippen molar-refractivity contribution in [1.29, 1.82) is 0 Å². The lowest BCUT2D eigenvalue weighted by Crippen LogP contribution is -1.97. The predicted octanol–water partition coefficient (Wildman–Crippen LogP) is 6.72. The number of hydrogen-bond donors (Lipinski definition) is 0. The Bertz CT molecular complexity index is 238. The van der Waals surface area contributed by atoms with E-state index in [0.717, 1.165) is 30.8 Å². The van der Waals surface area contributed by atoms with Gasteiger partial charge in [0.25, 0.3) is 0 Å². The molecule has 0 radical (unpaired) electrons. The molecule has 2 nitrogen and oxygen atoms in total. The summed E-state index contributed by atoms with van der Waals surface area (Å²) in [5, 5.41) is 0. The highest BCUT2D eigenvalue weighted by Crippen LogP contribution is 2.70. The smallest absolute Gasteiger partial charge is 0.313 e. The first-order valence-corrected chi connectivity index (χ1v) is 12.6. The Kier molecular flexibility index (Phi) is 12.0. The maximum Gasteiger partial charge on any atom is 0.313 e. The van der Waals surface area contributed by atoms with Gasteiger partial charge in [-0.25, -0.2) is 0 Å². The van der Waals surface area contributed by atoms with Crippen LogP contribution in [-0.2, 0) is 9.09 Å². The third-order valence-corrected chi connectivity index (χ3v) is 10.3.